The standard InChI is InChI=1S/C17H20N4O2/c1-12-7-8-18-16(22)15(12)20-17(23)19-13-5-4-6-14(11-13)21-9-2-3-10-21/h2-6,9-12,15H,7-8H2,1H3,(H,18,22)(H2,19,20,23)/t12-,15+/m1/s1. The number of carbonyl (C=O) groups is 2. The third-order valence-corrected chi connectivity index (χ3v) is 4.04. The summed E-state index contributed by atoms with van der Waals surface area (Å²) in [6.07, 6.45) is 4.74. The van der Waals surface area contributed by atoms with Crippen LogP contribution < -0.4 is 16.0 Å². The van der Waals surface area contributed by atoms with E-state index in [0.29, 0.717) is 12.2 Å². The van der Waals surface area contributed by atoms with Crippen LogP contribution in [0.3, 0.4) is 0 Å². The second-order valence-corrected chi connectivity index (χ2v) is 5.77. The summed E-state index contributed by atoms with van der Waals surface area (Å²) >= 11 is 0. The van der Waals surface area contributed by atoms with Crippen LogP contribution in [0.15, 0.2) is 48.8 Å². The first kappa shape index (κ1) is 15.1. The number of nitrogens with one attached hydrogen (secondary N) is 3. The Hall–Kier alpha value is -2.76. The van der Waals surface area contributed by atoms with Crippen LogP contribution in [-0.2, 0) is 4.79 Å². The Morgan fingerprint density at radius 2 is 2.04 bits per heavy atom. The molecular weight excluding hydrogens is 292 g/mol. The normalized spacial score (nSPS) is 20.7. The van der Waals surface area contributed by atoms with Crippen molar-refractivity contribution in [2.75, 3.05) is 11.9 Å². The zero-order valence-corrected chi connectivity index (χ0v) is 13.0. The van der Waals surface area contributed by atoms with Crippen LogP contribution in [0.2, 0.25) is 0 Å². The Balaban J connectivity index is 1.66. The van der Waals surface area contributed by atoms with Gasteiger partial charge in [-0.15, -0.1) is 0 Å². The maximum Gasteiger partial charge on any atom is 0.319 e. The Bertz CT molecular complexity index is 696. The van der Waals surface area contributed by atoms with E-state index in [2.05, 4.69) is 16.0 Å². The van der Waals surface area contributed by atoms with E-state index in [1.807, 2.05) is 60.3 Å². The zero-order valence-electron chi connectivity index (χ0n) is 13.0. The van der Waals surface area contributed by atoms with E-state index in [-0.39, 0.29) is 17.9 Å². The van der Waals surface area contributed by atoms with Crippen molar-refractivity contribution in [2.45, 2.75) is 19.4 Å². The van der Waals surface area contributed by atoms with Gasteiger partial charge in [0.15, 0.2) is 0 Å². The molecule has 23 heavy (non-hydrogen) atoms. The highest BCUT2D eigenvalue weighted by Crippen LogP contribution is 2.16. The minimum absolute atomic E-state index is 0.125. The van der Waals surface area contributed by atoms with Crippen molar-refractivity contribution in [2.24, 2.45) is 5.92 Å². The van der Waals surface area contributed by atoms with Crippen LogP contribution >= 0.6 is 0 Å². The molecule has 1 aromatic heterocycles. The molecule has 2 atom stereocenters. The maximum absolute atomic E-state index is 12.2. The minimum atomic E-state index is -0.489. The average molecular weight is 312 g/mol. The van der Waals surface area contributed by atoms with Crippen LogP contribution in [0.1, 0.15) is 13.3 Å². The van der Waals surface area contributed by atoms with Crippen LogP contribution in [0.25, 0.3) is 5.69 Å². The van der Waals surface area contributed by atoms with Gasteiger partial charge in [0.1, 0.15) is 6.04 Å². The quantitative estimate of drug-likeness (QED) is 0.812. The lowest BCUT2D eigenvalue weighted by Crippen LogP contribution is -2.55. The number of piperidine rings is 1. The monoisotopic (exact) mass is 312 g/mol. The second-order valence-electron chi connectivity index (χ2n) is 5.77. The number of hydrogen-bond acceptors (Lipinski definition) is 2. The smallest absolute Gasteiger partial charge is 0.319 e. The summed E-state index contributed by atoms with van der Waals surface area (Å²) in [5.41, 5.74) is 1.63. The van der Waals surface area contributed by atoms with E-state index < -0.39 is 6.04 Å². The fraction of sp³-hybridized carbons (Fsp3) is 0.294. The molecule has 1 aliphatic rings. The molecule has 120 valence electrons. The van der Waals surface area contributed by atoms with E-state index >= 15 is 0 Å². The van der Waals surface area contributed by atoms with Gasteiger partial charge in [0.2, 0.25) is 5.91 Å². The molecule has 1 saturated heterocycles. The zero-order chi connectivity index (χ0) is 16.2. The number of amides is 3. The lowest BCUT2D eigenvalue weighted by Gasteiger charge is -2.28. The van der Waals surface area contributed by atoms with Gasteiger partial charge in [0.25, 0.3) is 0 Å². The maximum atomic E-state index is 12.2. The molecule has 3 rings (SSSR count). The van der Waals surface area contributed by atoms with Gasteiger partial charge < -0.3 is 20.5 Å². The van der Waals surface area contributed by atoms with Crippen molar-refractivity contribution in [3.63, 3.8) is 0 Å². The van der Waals surface area contributed by atoms with E-state index in [0.717, 1.165) is 12.1 Å². The number of rotatable bonds is 3. The number of hydrogen-bond donors (Lipinski definition) is 3. The number of nitrogens with zero attached hydrogens (tertiary/aromatic N) is 1. The summed E-state index contributed by atoms with van der Waals surface area (Å²) in [5, 5.41) is 8.32. The Labute approximate surface area is 134 Å². The topological polar surface area (TPSA) is 75.2 Å². The fourth-order valence-corrected chi connectivity index (χ4v) is 2.73. The molecule has 0 spiro atoms. The van der Waals surface area contributed by atoms with Crippen molar-refractivity contribution in [1.29, 1.82) is 0 Å². The van der Waals surface area contributed by atoms with Crippen molar-refractivity contribution < 1.29 is 9.59 Å². The van der Waals surface area contributed by atoms with Gasteiger partial charge in [0.05, 0.1) is 0 Å². The molecule has 0 bridgehead atoms. The highest BCUT2D eigenvalue weighted by Gasteiger charge is 2.30. The number of urea groups is 1. The highest BCUT2D eigenvalue weighted by molar-refractivity contribution is 5.94. The molecule has 6 heteroatoms. The van der Waals surface area contributed by atoms with Crippen molar-refractivity contribution in [1.82, 2.24) is 15.2 Å². The molecule has 0 unspecified atom stereocenters. The molecule has 1 aliphatic heterocycles. The Kier molecular flexibility index (Phi) is 4.32. The minimum Gasteiger partial charge on any atom is -0.354 e. The first-order chi connectivity index (χ1) is 11.1. The lowest BCUT2D eigenvalue weighted by molar-refractivity contribution is -0.125. The highest BCUT2D eigenvalue weighted by atomic mass is 16.2. The summed E-state index contributed by atoms with van der Waals surface area (Å²) in [4.78, 5) is 24.0. The molecule has 3 N–H and O–H groups in total. The Morgan fingerprint density at radius 1 is 1.26 bits per heavy atom. The van der Waals surface area contributed by atoms with Gasteiger partial charge in [-0.3, -0.25) is 4.79 Å². The fourth-order valence-electron chi connectivity index (χ4n) is 2.73. The molecule has 0 radical (unpaired) electrons. The predicted octanol–water partition coefficient (Wildman–Crippen LogP) is 2.12. The van der Waals surface area contributed by atoms with Crippen LogP contribution in [-0.4, -0.2) is 29.1 Å². The van der Waals surface area contributed by atoms with E-state index in [1.165, 1.54) is 0 Å². The molecular formula is C17H20N4O2. The molecule has 2 aromatic rings. The van der Waals surface area contributed by atoms with Gasteiger partial charge in [0, 0.05) is 30.3 Å². The second kappa shape index (κ2) is 6.56. The number of anilines is 1. The molecule has 1 aromatic carbocycles. The van der Waals surface area contributed by atoms with Crippen molar-refractivity contribution in [3.8, 4) is 5.69 Å². The molecule has 0 aliphatic carbocycles. The molecule has 1 fully saturated rings. The third-order valence-electron chi connectivity index (χ3n) is 4.04. The van der Waals surface area contributed by atoms with Crippen LogP contribution in [0.5, 0.6) is 0 Å². The summed E-state index contributed by atoms with van der Waals surface area (Å²) in [7, 11) is 0. The SMILES string of the molecule is C[C@@H]1CCNC(=O)[C@H]1NC(=O)Nc1cccc(-n2cccc2)c1. The van der Waals surface area contributed by atoms with E-state index in [1.54, 1.807) is 0 Å². The van der Waals surface area contributed by atoms with Gasteiger partial charge in [-0.25, -0.2) is 4.79 Å². The first-order valence-corrected chi connectivity index (χ1v) is 7.72. The van der Waals surface area contributed by atoms with E-state index in [9.17, 15) is 9.59 Å². The van der Waals surface area contributed by atoms with Crippen molar-refractivity contribution >= 4 is 17.6 Å². The lowest BCUT2D eigenvalue weighted by atomic mass is 9.94. The number of benzene rings is 1. The van der Waals surface area contributed by atoms with Gasteiger partial charge in [-0.1, -0.05) is 13.0 Å². The third kappa shape index (κ3) is 3.53. The average Bonchev–Trinajstić information content (AvgIpc) is 3.06. The number of aromatic nitrogens is 1. The van der Waals surface area contributed by atoms with Crippen LogP contribution in [0, 0.1) is 5.92 Å². The van der Waals surface area contributed by atoms with Crippen molar-refractivity contribution in [3.05, 3.63) is 48.8 Å². The first-order valence-electron chi connectivity index (χ1n) is 7.72. The predicted molar refractivity (Wildman–Crippen MR) is 88.5 cm³/mol. The Morgan fingerprint density at radius 3 is 2.78 bits per heavy atom. The van der Waals surface area contributed by atoms with Gasteiger partial charge in [-0.2, -0.15) is 0 Å². The van der Waals surface area contributed by atoms with Gasteiger partial charge in [-0.05, 0) is 42.7 Å². The molecule has 3 amide bonds. The van der Waals surface area contributed by atoms with E-state index in [4.69, 9.17) is 0 Å². The van der Waals surface area contributed by atoms with Crippen LogP contribution in [0.4, 0.5) is 10.5 Å². The summed E-state index contributed by atoms with van der Waals surface area (Å²) < 4.78 is 1.96. The molecule has 0 saturated carbocycles. The summed E-state index contributed by atoms with van der Waals surface area (Å²) in [6, 6.07) is 10.5. The van der Waals surface area contributed by atoms with Gasteiger partial charge >= 0.3 is 6.03 Å². The summed E-state index contributed by atoms with van der Waals surface area (Å²) in [5.74, 6) is 0.000649. The largest absolute Gasteiger partial charge is 0.354 e. The number of carbonyl (C=O) groups excluding carboxylic acids is 2. The summed E-state index contributed by atoms with van der Waals surface area (Å²) in [6.45, 7) is 2.63. The molecule has 2 heterocycles. The molecule has 6 nitrogen and oxygen atoms in total.